The van der Waals surface area contributed by atoms with E-state index in [9.17, 15) is 13.2 Å². The van der Waals surface area contributed by atoms with Gasteiger partial charge in [0.05, 0.1) is 27.9 Å². The van der Waals surface area contributed by atoms with E-state index in [2.05, 4.69) is 4.72 Å². The Labute approximate surface area is 137 Å². The Morgan fingerprint density at radius 1 is 1.30 bits per heavy atom. The highest BCUT2D eigenvalue weighted by atomic mass is 32.2. The molecule has 8 heteroatoms. The largest absolute Gasteiger partial charge is 0.468 e. The maximum atomic E-state index is 12.4. The normalized spacial score (nSPS) is 12.0. The number of thiazole rings is 1. The first-order valence-corrected chi connectivity index (χ1v) is 9.46. The molecule has 23 heavy (non-hydrogen) atoms. The van der Waals surface area contributed by atoms with E-state index in [0.29, 0.717) is 17.0 Å². The summed E-state index contributed by atoms with van der Waals surface area (Å²) in [5.41, 5.74) is 0.770. The first-order chi connectivity index (χ1) is 11.0. The molecule has 0 spiro atoms. The fraction of sp³-hybridized carbons (Fsp3) is 0.267. The van der Waals surface area contributed by atoms with Gasteiger partial charge in [0.1, 0.15) is 5.76 Å². The van der Waals surface area contributed by atoms with Gasteiger partial charge in [0.25, 0.3) is 0 Å². The van der Waals surface area contributed by atoms with E-state index in [1.54, 1.807) is 22.8 Å². The van der Waals surface area contributed by atoms with Crippen molar-refractivity contribution in [3.8, 4) is 0 Å². The van der Waals surface area contributed by atoms with Crippen molar-refractivity contribution in [1.82, 2.24) is 9.29 Å². The number of benzene rings is 1. The topological polar surface area (TPSA) is 81.3 Å². The lowest BCUT2D eigenvalue weighted by atomic mass is 10.3. The summed E-state index contributed by atoms with van der Waals surface area (Å²) < 4.78 is 34.7. The maximum absolute atomic E-state index is 12.4. The maximum Gasteiger partial charge on any atom is 0.308 e. The summed E-state index contributed by atoms with van der Waals surface area (Å²) in [7, 11) is -3.66. The van der Waals surface area contributed by atoms with Gasteiger partial charge >= 0.3 is 4.87 Å². The number of aromatic nitrogens is 1. The van der Waals surface area contributed by atoms with Crippen LogP contribution in [0.4, 0.5) is 0 Å². The van der Waals surface area contributed by atoms with Gasteiger partial charge in [-0.05, 0) is 36.8 Å². The SMILES string of the molecule is CCCn1c(=O)sc2cc(S(=O)(=O)NCc3ccco3)ccc21. The Morgan fingerprint density at radius 2 is 2.13 bits per heavy atom. The lowest BCUT2D eigenvalue weighted by Gasteiger charge is -2.06. The van der Waals surface area contributed by atoms with Crippen LogP contribution in [-0.2, 0) is 23.1 Å². The van der Waals surface area contributed by atoms with Crippen molar-refractivity contribution in [1.29, 1.82) is 0 Å². The van der Waals surface area contributed by atoms with Crippen molar-refractivity contribution in [3.05, 3.63) is 52.0 Å². The minimum atomic E-state index is -3.66. The van der Waals surface area contributed by atoms with E-state index in [0.717, 1.165) is 23.3 Å². The van der Waals surface area contributed by atoms with Crippen molar-refractivity contribution in [2.24, 2.45) is 0 Å². The summed E-state index contributed by atoms with van der Waals surface area (Å²) in [5, 5.41) is 0. The van der Waals surface area contributed by atoms with Crippen LogP contribution < -0.4 is 9.60 Å². The number of sulfonamides is 1. The molecule has 0 fully saturated rings. The zero-order chi connectivity index (χ0) is 16.4. The van der Waals surface area contributed by atoms with Crippen LogP contribution in [0.15, 0.2) is 50.7 Å². The zero-order valence-electron chi connectivity index (χ0n) is 12.5. The molecule has 3 aromatic rings. The smallest absolute Gasteiger partial charge is 0.308 e. The van der Waals surface area contributed by atoms with E-state index >= 15 is 0 Å². The molecule has 0 bridgehead atoms. The average molecular weight is 352 g/mol. The molecule has 0 aliphatic rings. The Balaban J connectivity index is 1.91. The number of fused-ring (bicyclic) bond motifs is 1. The van der Waals surface area contributed by atoms with Crippen LogP contribution in [0.25, 0.3) is 10.2 Å². The van der Waals surface area contributed by atoms with Gasteiger partial charge in [-0.2, -0.15) is 0 Å². The Kier molecular flexibility index (Phi) is 4.38. The molecule has 1 aromatic carbocycles. The lowest BCUT2D eigenvalue weighted by Crippen LogP contribution is -2.22. The van der Waals surface area contributed by atoms with Crippen LogP contribution >= 0.6 is 11.3 Å². The fourth-order valence-electron chi connectivity index (χ4n) is 2.31. The molecule has 0 amide bonds. The molecule has 0 saturated heterocycles. The second kappa shape index (κ2) is 6.31. The zero-order valence-corrected chi connectivity index (χ0v) is 14.1. The second-order valence-corrected chi connectivity index (χ2v) is 7.81. The third-order valence-electron chi connectivity index (χ3n) is 3.41. The average Bonchev–Trinajstić information content (AvgIpc) is 3.14. The van der Waals surface area contributed by atoms with E-state index in [1.807, 2.05) is 6.92 Å². The van der Waals surface area contributed by atoms with Crippen molar-refractivity contribution >= 4 is 31.6 Å². The summed E-state index contributed by atoms with van der Waals surface area (Å²) >= 11 is 1.06. The molecule has 1 N–H and O–H groups in total. The van der Waals surface area contributed by atoms with Gasteiger partial charge in [-0.1, -0.05) is 18.3 Å². The Bertz CT molecular complexity index is 969. The van der Waals surface area contributed by atoms with Crippen LogP contribution in [0, 0.1) is 0 Å². The third kappa shape index (κ3) is 3.24. The van der Waals surface area contributed by atoms with Crippen LogP contribution in [0.3, 0.4) is 0 Å². The lowest BCUT2D eigenvalue weighted by molar-refractivity contribution is 0.498. The molecule has 0 aliphatic carbocycles. The van der Waals surface area contributed by atoms with Gasteiger partial charge < -0.3 is 4.42 Å². The van der Waals surface area contributed by atoms with Crippen molar-refractivity contribution in [2.75, 3.05) is 0 Å². The molecule has 0 unspecified atom stereocenters. The summed E-state index contributed by atoms with van der Waals surface area (Å²) in [6, 6.07) is 8.14. The van der Waals surface area contributed by atoms with E-state index in [4.69, 9.17) is 4.42 Å². The third-order valence-corrected chi connectivity index (χ3v) is 5.75. The molecule has 2 aromatic heterocycles. The number of nitrogens with zero attached hydrogens (tertiary/aromatic N) is 1. The first kappa shape index (κ1) is 16.0. The van der Waals surface area contributed by atoms with Gasteiger partial charge in [-0.25, -0.2) is 13.1 Å². The van der Waals surface area contributed by atoms with Gasteiger partial charge in [0.15, 0.2) is 0 Å². The summed E-state index contributed by atoms with van der Waals surface area (Å²) in [6.07, 6.45) is 2.33. The molecule has 122 valence electrons. The standard InChI is InChI=1S/C15H16N2O4S2/c1-2-7-17-13-6-5-12(9-14(13)22-15(17)18)23(19,20)16-10-11-4-3-8-21-11/h3-6,8-9,16H,2,7,10H2,1H3. The Hall–Kier alpha value is -1.90. The summed E-state index contributed by atoms with van der Waals surface area (Å²) in [4.78, 5) is 12.0. The molecule has 0 radical (unpaired) electrons. The highest BCUT2D eigenvalue weighted by Crippen LogP contribution is 2.22. The highest BCUT2D eigenvalue weighted by Gasteiger charge is 2.17. The highest BCUT2D eigenvalue weighted by molar-refractivity contribution is 7.89. The van der Waals surface area contributed by atoms with Gasteiger partial charge in [-0.15, -0.1) is 0 Å². The van der Waals surface area contributed by atoms with E-state index in [1.165, 1.54) is 18.4 Å². The Morgan fingerprint density at radius 3 is 2.83 bits per heavy atom. The van der Waals surface area contributed by atoms with Crippen LogP contribution in [-0.4, -0.2) is 13.0 Å². The van der Waals surface area contributed by atoms with E-state index < -0.39 is 10.0 Å². The quantitative estimate of drug-likeness (QED) is 0.739. The van der Waals surface area contributed by atoms with Crippen LogP contribution in [0.1, 0.15) is 19.1 Å². The molecular formula is C15H16N2O4S2. The molecule has 0 saturated carbocycles. The van der Waals surface area contributed by atoms with Crippen LogP contribution in [0.2, 0.25) is 0 Å². The van der Waals surface area contributed by atoms with Gasteiger partial charge in [-0.3, -0.25) is 9.36 Å². The number of nitrogens with one attached hydrogen (secondary N) is 1. The van der Waals surface area contributed by atoms with E-state index in [-0.39, 0.29) is 16.3 Å². The summed E-state index contributed by atoms with van der Waals surface area (Å²) in [5.74, 6) is 0.536. The number of rotatable bonds is 6. The number of aryl methyl sites for hydroxylation is 1. The molecule has 0 atom stereocenters. The van der Waals surface area contributed by atoms with Crippen LogP contribution in [0.5, 0.6) is 0 Å². The monoisotopic (exact) mass is 352 g/mol. The number of hydrogen-bond donors (Lipinski definition) is 1. The fourth-order valence-corrected chi connectivity index (χ4v) is 4.36. The molecular weight excluding hydrogens is 336 g/mol. The molecule has 0 aliphatic heterocycles. The molecule has 3 rings (SSSR count). The number of hydrogen-bond acceptors (Lipinski definition) is 5. The molecule has 6 nitrogen and oxygen atoms in total. The first-order valence-electron chi connectivity index (χ1n) is 7.16. The van der Waals surface area contributed by atoms with Crippen molar-refractivity contribution in [3.63, 3.8) is 0 Å². The minimum Gasteiger partial charge on any atom is -0.468 e. The molecule has 2 heterocycles. The van der Waals surface area contributed by atoms with Gasteiger partial charge in [0.2, 0.25) is 10.0 Å². The van der Waals surface area contributed by atoms with Crippen molar-refractivity contribution < 1.29 is 12.8 Å². The van der Waals surface area contributed by atoms with Gasteiger partial charge in [0, 0.05) is 6.54 Å². The second-order valence-electron chi connectivity index (χ2n) is 5.05. The predicted molar refractivity (Wildman–Crippen MR) is 89.1 cm³/mol. The van der Waals surface area contributed by atoms with Crippen molar-refractivity contribution in [2.45, 2.75) is 31.3 Å². The minimum absolute atomic E-state index is 0.0695. The summed E-state index contributed by atoms with van der Waals surface area (Å²) in [6.45, 7) is 2.70. The predicted octanol–water partition coefficient (Wildman–Crippen LogP) is 2.54. The number of furan rings is 1.